The summed E-state index contributed by atoms with van der Waals surface area (Å²) in [5.74, 6) is 0. The van der Waals surface area contributed by atoms with Crippen LogP contribution in [-0.4, -0.2) is 18.5 Å². The van der Waals surface area contributed by atoms with Gasteiger partial charge in [0.1, 0.15) is 0 Å². The second-order valence-electron chi connectivity index (χ2n) is 1.10. The van der Waals surface area contributed by atoms with Gasteiger partial charge in [-0.2, -0.15) is 0 Å². The van der Waals surface area contributed by atoms with Crippen molar-refractivity contribution in [3.8, 4) is 0 Å². The maximum atomic E-state index is 8.44. The van der Waals surface area contributed by atoms with Crippen molar-refractivity contribution < 1.29 is 26.3 Å². The fourth-order valence-corrected chi connectivity index (χ4v) is 0.167. The van der Waals surface area contributed by atoms with Gasteiger partial charge in [0, 0.05) is 23.6 Å². The molecule has 0 bridgehead atoms. The molecule has 48 valence electrons. The van der Waals surface area contributed by atoms with Crippen LogP contribution in [0.15, 0.2) is 0 Å². The molecule has 0 aromatic heterocycles. The van der Waals surface area contributed by atoms with Gasteiger partial charge in [-0.1, -0.05) is 6.92 Å². The summed E-state index contributed by atoms with van der Waals surface area (Å²) in [6, 6.07) is 0. The molecule has 0 fully saturated rings. The maximum absolute atomic E-state index is 8.44. The van der Waals surface area contributed by atoms with E-state index in [2.05, 4.69) is 4.74 Å². The summed E-state index contributed by atoms with van der Waals surface area (Å²) in [5, 5.41) is 8.44. The van der Waals surface area contributed by atoms with Crippen LogP contribution in [0.5, 0.6) is 0 Å². The van der Waals surface area contributed by atoms with Gasteiger partial charge in [0.15, 0.2) is 6.29 Å². The van der Waals surface area contributed by atoms with Crippen molar-refractivity contribution in [1.82, 2.24) is 0 Å². The molecule has 7 heavy (non-hydrogen) atoms. The zero-order valence-electron chi connectivity index (χ0n) is 4.46. The Morgan fingerprint density at radius 2 is 2.14 bits per heavy atom. The van der Waals surface area contributed by atoms with E-state index >= 15 is 0 Å². The van der Waals surface area contributed by atoms with Crippen LogP contribution in [0.2, 0.25) is 0 Å². The molecule has 0 spiro atoms. The molecule has 3 heteroatoms. The first-order chi connectivity index (χ1) is 2.81. The monoisotopic (exact) mass is 148 g/mol. The van der Waals surface area contributed by atoms with Crippen LogP contribution in [0.3, 0.4) is 0 Å². The topological polar surface area (TPSA) is 29.5 Å². The van der Waals surface area contributed by atoms with Crippen molar-refractivity contribution in [1.29, 1.82) is 0 Å². The summed E-state index contributed by atoms with van der Waals surface area (Å²) in [5.41, 5.74) is 0. The van der Waals surface area contributed by atoms with E-state index in [-0.39, 0.29) is 16.5 Å². The van der Waals surface area contributed by atoms with Gasteiger partial charge in [0.2, 0.25) is 0 Å². The minimum atomic E-state index is -0.565. The average Bonchev–Trinajstić information content (AvgIpc) is 1.65. The molecular formula is C4H10NiO2. The SMILES string of the molecule is CCC(O)OC.[Ni]. The van der Waals surface area contributed by atoms with E-state index in [1.807, 2.05) is 6.92 Å². The summed E-state index contributed by atoms with van der Waals surface area (Å²) < 4.78 is 4.45. The first kappa shape index (κ1) is 10.4. The minimum Gasteiger partial charge on any atom is -0.368 e. The summed E-state index contributed by atoms with van der Waals surface area (Å²) in [6.45, 7) is 1.86. The van der Waals surface area contributed by atoms with Crippen LogP contribution < -0.4 is 0 Å². The zero-order valence-corrected chi connectivity index (χ0v) is 5.44. The Morgan fingerprint density at radius 3 is 2.14 bits per heavy atom. The Labute approximate surface area is 53.8 Å². The van der Waals surface area contributed by atoms with Gasteiger partial charge in [-0.15, -0.1) is 0 Å². The number of rotatable bonds is 2. The third kappa shape index (κ3) is 6.41. The molecule has 0 aromatic rings. The second kappa shape index (κ2) is 6.41. The van der Waals surface area contributed by atoms with E-state index in [1.165, 1.54) is 7.11 Å². The van der Waals surface area contributed by atoms with E-state index in [0.717, 1.165) is 0 Å². The van der Waals surface area contributed by atoms with Crippen molar-refractivity contribution >= 4 is 0 Å². The third-order valence-electron chi connectivity index (χ3n) is 0.621. The van der Waals surface area contributed by atoms with Gasteiger partial charge >= 0.3 is 0 Å². The van der Waals surface area contributed by atoms with Crippen LogP contribution in [0.25, 0.3) is 0 Å². The Balaban J connectivity index is 0. The van der Waals surface area contributed by atoms with Gasteiger partial charge in [-0.25, -0.2) is 0 Å². The Morgan fingerprint density at radius 1 is 1.71 bits per heavy atom. The molecular weight excluding hydrogens is 139 g/mol. The summed E-state index contributed by atoms with van der Waals surface area (Å²) in [7, 11) is 1.48. The molecule has 2 nitrogen and oxygen atoms in total. The number of aliphatic hydroxyl groups is 1. The van der Waals surface area contributed by atoms with Gasteiger partial charge in [-0.05, 0) is 6.42 Å². The summed E-state index contributed by atoms with van der Waals surface area (Å²) >= 11 is 0. The molecule has 0 amide bonds. The number of hydrogen-bond donors (Lipinski definition) is 1. The van der Waals surface area contributed by atoms with Gasteiger partial charge < -0.3 is 9.84 Å². The summed E-state index contributed by atoms with van der Waals surface area (Å²) in [4.78, 5) is 0. The number of hydrogen-bond acceptors (Lipinski definition) is 2. The molecule has 0 rings (SSSR count). The molecule has 0 aromatic carbocycles. The van der Waals surface area contributed by atoms with Crippen molar-refractivity contribution in [3.05, 3.63) is 0 Å². The van der Waals surface area contributed by atoms with Crippen molar-refractivity contribution in [3.63, 3.8) is 0 Å². The van der Waals surface area contributed by atoms with Crippen molar-refractivity contribution in [2.75, 3.05) is 7.11 Å². The van der Waals surface area contributed by atoms with Crippen LogP contribution in [0, 0.1) is 0 Å². The number of aliphatic hydroxyl groups excluding tert-OH is 1. The number of ether oxygens (including phenoxy) is 1. The molecule has 0 heterocycles. The third-order valence-corrected chi connectivity index (χ3v) is 0.621. The van der Waals surface area contributed by atoms with Crippen molar-refractivity contribution in [2.45, 2.75) is 19.6 Å². The van der Waals surface area contributed by atoms with Gasteiger partial charge in [0.05, 0.1) is 0 Å². The Kier molecular flexibility index (Phi) is 9.53. The molecule has 0 aliphatic carbocycles. The molecule has 0 radical (unpaired) electrons. The van der Waals surface area contributed by atoms with Crippen LogP contribution in [0.1, 0.15) is 13.3 Å². The smallest absolute Gasteiger partial charge is 0.153 e. The Hall–Kier alpha value is 0.414. The first-order valence-corrected chi connectivity index (χ1v) is 2.02. The average molecular weight is 149 g/mol. The largest absolute Gasteiger partial charge is 0.368 e. The minimum absolute atomic E-state index is 0. The van der Waals surface area contributed by atoms with Crippen LogP contribution >= 0.6 is 0 Å². The molecule has 0 saturated carbocycles. The van der Waals surface area contributed by atoms with Crippen LogP contribution in [0.4, 0.5) is 0 Å². The van der Waals surface area contributed by atoms with E-state index in [1.54, 1.807) is 0 Å². The maximum Gasteiger partial charge on any atom is 0.153 e. The van der Waals surface area contributed by atoms with Crippen LogP contribution in [-0.2, 0) is 21.2 Å². The predicted octanol–water partition coefficient (Wildman–Crippen LogP) is 0.359. The summed E-state index contributed by atoms with van der Waals surface area (Å²) in [6.07, 6.45) is 0.0984. The van der Waals surface area contributed by atoms with Crippen molar-refractivity contribution in [2.24, 2.45) is 0 Å². The van der Waals surface area contributed by atoms with E-state index < -0.39 is 6.29 Å². The quantitative estimate of drug-likeness (QED) is 0.453. The standard InChI is InChI=1S/C4H10O2.Ni/c1-3-4(5)6-2;/h4-5H,3H2,1-2H3;. The second-order valence-corrected chi connectivity index (χ2v) is 1.10. The van der Waals surface area contributed by atoms with E-state index in [9.17, 15) is 0 Å². The van der Waals surface area contributed by atoms with E-state index in [4.69, 9.17) is 5.11 Å². The molecule has 0 saturated heterocycles. The first-order valence-electron chi connectivity index (χ1n) is 2.02. The fourth-order valence-electron chi connectivity index (χ4n) is 0.167. The zero-order chi connectivity index (χ0) is 4.99. The van der Waals surface area contributed by atoms with E-state index in [0.29, 0.717) is 6.42 Å². The van der Waals surface area contributed by atoms with Gasteiger partial charge in [-0.3, -0.25) is 0 Å². The normalized spacial score (nSPS) is 12.4. The predicted molar refractivity (Wildman–Crippen MR) is 23.3 cm³/mol. The molecule has 1 N–H and O–H groups in total. The number of methoxy groups -OCH3 is 1. The molecule has 0 aliphatic heterocycles. The van der Waals surface area contributed by atoms with Gasteiger partial charge in [0.25, 0.3) is 0 Å². The Bertz CT molecular complexity index is 28.9. The fraction of sp³-hybridized carbons (Fsp3) is 1.00. The molecule has 0 aliphatic rings. The molecule has 1 atom stereocenters. The molecule has 1 unspecified atom stereocenters.